The van der Waals surface area contributed by atoms with Gasteiger partial charge in [-0.15, -0.1) is 0 Å². The minimum atomic E-state index is -1.33. The molecule has 4 heterocycles. The SMILES string of the molecule is O=C(CNC(=O)c1nc2c(N3CCCS3=O)cc(N3CCOCC3)cn2c(=O)c1OCc1ccccc1)Cc1ccc(Cl)c(Cl)c1. The van der Waals surface area contributed by atoms with Crippen LogP contribution in [0.3, 0.4) is 0 Å². The molecule has 1 atom stereocenters. The highest BCUT2D eigenvalue weighted by atomic mass is 35.5. The van der Waals surface area contributed by atoms with Crippen molar-refractivity contribution < 1.29 is 23.3 Å². The van der Waals surface area contributed by atoms with Crippen LogP contribution in [-0.4, -0.2) is 70.4 Å². The zero-order valence-electron chi connectivity index (χ0n) is 24.7. The summed E-state index contributed by atoms with van der Waals surface area (Å²) < 4.78 is 27.6. The molecule has 1 unspecified atom stereocenters. The highest BCUT2D eigenvalue weighted by Crippen LogP contribution is 2.31. The number of ether oxygens (including phenoxy) is 2. The van der Waals surface area contributed by atoms with Gasteiger partial charge >= 0.3 is 5.56 Å². The Labute approximate surface area is 277 Å². The lowest BCUT2D eigenvalue weighted by atomic mass is 10.1. The van der Waals surface area contributed by atoms with Crippen molar-refractivity contribution in [3.05, 3.63) is 98.0 Å². The van der Waals surface area contributed by atoms with Crippen molar-refractivity contribution >= 4 is 62.9 Å². The molecule has 11 nitrogen and oxygen atoms in total. The van der Waals surface area contributed by atoms with Gasteiger partial charge in [0.15, 0.2) is 17.1 Å². The number of carbonyl (C=O) groups is 2. The quantitative estimate of drug-likeness (QED) is 0.268. The summed E-state index contributed by atoms with van der Waals surface area (Å²) in [6.07, 6.45) is 2.38. The summed E-state index contributed by atoms with van der Waals surface area (Å²) in [4.78, 5) is 47.4. The van der Waals surface area contributed by atoms with Crippen molar-refractivity contribution in [2.45, 2.75) is 19.4 Å². The maximum Gasteiger partial charge on any atom is 0.301 e. The van der Waals surface area contributed by atoms with E-state index in [1.807, 2.05) is 36.4 Å². The molecule has 2 aromatic heterocycles. The average molecular weight is 685 g/mol. The van der Waals surface area contributed by atoms with Crippen LogP contribution < -0.4 is 24.8 Å². The van der Waals surface area contributed by atoms with Crippen LogP contribution in [-0.2, 0) is 33.5 Å². The molecule has 0 saturated carbocycles. The Bertz CT molecular complexity index is 1870. The first-order valence-electron chi connectivity index (χ1n) is 14.8. The number of benzene rings is 2. The number of carbonyl (C=O) groups excluding carboxylic acids is 2. The van der Waals surface area contributed by atoms with E-state index >= 15 is 0 Å². The highest BCUT2D eigenvalue weighted by Gasteiger charge is 2.29. The van der Waals surface area contributed by atoms with Gasteiger partial charge in [0.25, 0.3) is 5.91 Å². The molecule has 2 aromatic carbocycles. The molecule has 2 aliphatic heterocycles. The molecule has 0 aliphatic carbocycles. The van der Waals surface area contributed by atoms with Crippen molar-refractivity contribution in [2.24, 2.45) is 0 Å². The van der Waals surface area contributed by atoms with E-state index in [2.05, 4.69) is 15.2 Å². The summed E-state index contributed by atoms with van der Waals surface area (Å²) in [6, 6.07) is 16.0. The highest BCUT2D eigenvalue weighted by molar-refractivity contribution is 7.86. The Balaban J connectivity index is 1.38. The van der Waals surface area contributed by atoms with Crippen LogP contribution in [0.1, 0.15) is 28.0 Å². The largest absolute Gasteiger partial charge is 0.481 e. The molecule has 2 fully saturated rings. The first-order chi connectivity index (χ1) is 22.3. The van der Waals surface area contributed by atoms with Gasteiger partial charge in [0.2, 0.25) is 5.75 Å². The summed E-state index contributed by atoms with van der Waals surface area (Å²) in [6.45, 7) is 2.48. The van der Waals surface area contributed by atoms with Crippen molar-refractivity contribution in [3.63, 3.8) is 0 Å². The fourth-order valence-electron chi connectivity index (χ4n) is 5.36. The van der Waals surface area contributed by atoms with E-state index in [1.165, 1.54) is 4.40 Å². The first-order valence-corrected chi connectivity index (χ1v) is 16.8. The van der Waals surface area contributed by atoms with Gasteiger partial charge in [-0.1, -0.05) is 59.6 Å². The van der Waals surface area contributed by atoms with E-state index in [0.29, 0.717) is 66.3 Å². The monoisotopic (exact) mass is 683 g/mol. The smallest absolute Gasteiger partial charge is 0.301 e. The number of morpholine rings is 1. The molecular weight excluding hydrogens is 653 g/mol. The normalized spacial score (nSPS) is 16.5. The molecule has 14 heteroatoms. The molecule has 240 valence electrons. The van der Waals surface area contributed by atoms with Crippen LogP contribution in [0, 0.1) is 0 Å². The van der Waals surface area contributed by atoms with Crippen LogP contribution in [0.4, 0.5) is 11.4 Å². The van der Waals surface area contributed by atoms with E-state index in [4.69, 9.17) is 32.7 Å². The van der Waals surface area contributed by atoms with Crippen LogP contribution in [0.25, 0.3) is 5.65 Å². The Morgan fingerprint density at radius 3 is 2.50 bits per heavy atom. The Kier molecular flexibility index (Phi) is 9.88. The Morgan fingerprint density at radius 1 is 1.00 bits per heavy atom. The molecule has 0 spiro atoms. The number of anilines is 2. The molecule has 4 aromatic rings. The zero-order chi connectivity index (χ0) is 32.2. The minimum absolute atomic E-state index is 0.00647. The maximum absolute atomic E-state index is 14.2. The second-order valence-corrected chi connectivity index (χ2v) is 13.2. The molecule has 6 rings (SSSR count). The van der Waals surface area contributed by atoms with Crippen molar-refractivity contribution in [1.82, 2.24) is 14.7 Å². The van der Waals surface area contributed by atoms with E-state index < -0.39 is 22.5 Å². The second kappa shape index (κ2) is 14.2. The van der Waals surface area contributed by atoms with Gasteiger partial charge in [-0.25, -0.2) is 9.19 Å². The van der Waals surface area contributed by atoms with Gasteiger partial charge in [-0.2, -0.15) is 0 Å². The predicted octanol–water partition coefficient (Wildman–Crippen LogP) is 3.83. The number of pyridine rings is 1. The number of rotatable bonds is 10. The summed E-state index contributed by atoms with van der Waals surface area (Å²) in [5, 5.41) is 3.30. The molecule has 1 N–H and O–H groups in total. The van der Waals surface area contributed by atoms with E-state index in [1.54, 1.807) is 28.7 Å². The molecule has 1 amide bonds. The third-order valence-electron chi connectivity index (χ3n) is 7.69. The van der Waals surface area contributed by atoms with E-state index in [-0.39, 0.29) is 42.4 Å². The topological polar surface area (TPSA) is 123 Å². The summed E-state index contributed by atoms with van der Waals surface area (Å²) >= 11 is 12.1. The number of fused-ring (bicyclic) bond motifs is 1. The Hall–Kier alpha value is -3.97. The Morgan fingerprint density at radius 2 is 1.78 bits per heavy atom. The van der Waals surface area contributed by atoms with Gasteiger partial charge in [-0.3, -0.25) is 23.1 Å². The third kappa shape index (κ3) is 7.05. The molecule has 2 aliphatic rings. The van der Waals surface area contributed by atoms with Crippen molar-refractivity contribution in [3.8, 4) is 5.75 Å². The first kappa shape index (κ1) is 32.0. The molecule has 0 bridgehead atoms. The lowest BCUT2D eigenvalue weighted by Crippen LogP contribution is -2.37. The van der Waals surface area contributed by atoms with Gasteiger partial charge in [0.1, 0.15) is 17.6 Å². The predicted molar refractivity (Wildman–Crippen MR) is 178 cm³/mol. The number of amides is 1. The lowest BCUT2D eigenvalue weighted by molar-refractivity contribution is -0.117. The van der Waals surface area contributed by atoms with Crippen LogP contribution in [0.15, 0.2) is 65.6 Å². The van der Waals surface area contributed by atoms with Crippen LogP contribution in [0.2, 0.25) is 10.0 Å². The summed E-state index contributed by atoms with van der Waals surface area (Å²) in [5.41, 5.74) is 1.92. The van der Waals surface area contributed by atoms with Gasteiger partial charge in [0, 0.05) is 38.0 Å². The number of hydrogen-bond acceptors (Lipinski definition) is 8. The number of Topliss-reactive ketones (excluding diaryl/α,β-unsaturated/α-hetero) is 1. The number of ketones is 1. The molecule has 46 heavy (non-hydrogen) atoms. The van der Waals surface area contributed by atoms with Crippen molar-refractivity contribution in [1.29, 1.82) is 0 Å². The fraction of sp³-hybridized carbons (Fsp3) is 0.312. The van der Waals surface area contributed by atoms with Crippen molar-refractivity contribution in [2.75, 3.05) is 54.4 Å². The second-order valence-electron chi connectivity index (χ2n) is 10.9. The molecular formula is C32H31Cl2N5O6S. The minimum Gasteiger partial charge on any atom is -0.481 e. The average Bonchev–Trinajstić information content (AvgIpc) is 3.50. The number of halogens is 2. The molecule has 0 radical (unpaired) electrons. The van der Waals surface area contributed by atoms with E-state index in [9.17, 15) is 18.6 Å². The number of hydrogen-bond donors (Lipinski definition) is 1. The van der Waals surface area contributed by atoms with E-state index in [0.717, 1.165) is 11.3 Å². The number of nitrogens with one attached hydrogen (secondary N) is 1. The number of aromatic nitrogens is 2. The lowest BCUT2D eigenvalue weighted by Gasteiger charge is -2.30. The summed E-state index contributed by atoms with van der Waals surface area (Å²) in [5.74, 6) is -0.830. The van der Waals surface area contributed by atoms with Gasteiger partial charge in [0.05, 0.1) is 41.2 Å². The van der Waals surface area contributed by atoms with Gasteiger partial charge in [-0.05, 0) is 35.7 Å². The summed E-state index contributed by atoms with van der Waals surface area (Å²) in [7, 11) is -1.33. The standard InChI is InChI=1S/C32H31Cl2N5O6S/c33-25-8-7-22(16-26(25)34)15-24(40)18-35-31(41)28-29(45-20-21-5-2-1-3-6-21)32(42)38-19-23(37-10-12-44-13-11-37)17-27(30(38)36-28)39-9-4-14-46(39)43/h1-3,5-8,16-17,19H,4,9-15,18,20H2,(H,35,41). The number of nitrogens with zero attached hydrogens (tertiary/aromatic N) is 4. The molecule has 2 saturated heterocycles. The third-order valence-corrected chi connectivity index (χ3v) is 9.94. The van der Waals surface area contributed by atoms with Crippen LogP contribution >= 0.6 is 23.2 Å². The maximum atomic E-state index is 14.2. The zero-order valence-corrected chi connectivity index (χ0v) is 27.1. The van der Waals surface area contributed by atoms with Crippen LogP contribution in [0.5, 0.6) is 5.75 Å². The van der Waals surface area contributed by atoms with Gasteiger partial charge < -0.3 is 19.7 Å². The fourth-order valence-corrected chi connectivity index (χ4v) is 6.96.